The second-order valence-corrected chi connectivity index (χ2v) is 5.08. The summed E-state index contributed by atoms with van der Waals surface area (Å²) >= 11 is 0. The maximum absolute atomic E-state index is 11.5. The van der Waals surface area contributed by atoms with E-state index in [1.54, 1.807) is 6.07 Å². The van der Waals surface area contributed by atoms with Gasteiger partial charge in [0, 0.05) is 17.1 Å². The van der Waals surface area contributed by atoms with Crippen molar-refractivity contribution < 1.29 is 9.52 Å². The fourth-order valence-electron chi connectivity index (χ4n) is 2.35. The molecule has 0 aliphatic heterocycles. The molecule has 1 heterocycles. The molecule has 2 aromatic carbocycles. The average molecular weight is 281 g/mol. The van der Waals surface area contributed by atoms with Gasteiger partial charge in [0.05, 0.1) is 5.69 Å². The van der Waals surface area contributed by atoms with E-state index in [9.17, 15) is 9.90 Å². The third-order valence-electron chi connectivity index (χ3n) is 3.39. The number of benzene rings is 2. The number of phenols is 1. The molecule has 106 valence electrons. The molecular formula is C17H15NO3. The average Bonchev–Trinajstić information content (AvgIpc) is 2.42. The lowest BCUT2D eigenvalue weighted by Gasteiger charge is -2.11. The second kappa shape index (κ2) is 4.98. The summed E-state index contributed by atoms with van der Waals surface area (Å²) < 4.78 is 5.13. The topological polar surface area (TPSA) is 62.5 Å². The molecule has 0 saturated heterocycles. The van der Waals surface area contributed by atoms with Crippen LogP contribution in [0.25, 0.3) is 11.0 Å². The molecule has 0 spiro atoms. The Morgan fingerprint density at radius 1 is 1.10 bits per heavy atom. The number of aryl methyl sites for hydroxylation is 2. The molecule has 0 amide bonds. The van der Waals surface area contributed by atoms with E-state index in [0.29, 0.717) is 5.69 Å². The molecule has 0 atom stereocenters. The molecule has 4 nitrogen and oxygen atoms in total. The van der Waals surface area contributed by atoms with Crippen LogP contribution >= 0.6 is 0 Å². The number of fused-ring (bicyclic) bond motifs is 1. The maximum atomic E-state index is 11.5. The molecule has 1 aromatic heterocycles. The zero-order valence-electron chi connectivity index (χ0n) is 11.8. The molecule has 0 unspecified atom stereocenters. The first-order chi connectivity index (χ1) is 10.0. The Bertz CT molecular complexity index is 881. The van der Waals surface area contributed by atoms with Crippen molar-refractivity contribution in [2.45, 2.75) is 13.8 Å². The van der Waals surface area contributed by atoms with Gasteiger partial charge in [0.25, 0.3) is 0 Å². The highest BCUT2D eigenvalue weighted by atomic mass is 16.4. The minimum Gasteiger partial charge on any atom is -0.503 e. The SMILES string of the molecule is Cc1cccc(Nc2ccc3c(C)cc(=O)oc3c2O)c1. The minimum atomic E-state index is -0.469. The van der Waals surface area contributed by atoms with Crippen LogP contribution in [0.2, 0.25) is 0 Å². The first-order valence-electron chi connectivity index (χ1n) is 6.65. The van der Waals surface area contributed by atoms with Crippen molar-refractivity contribution in [3.63, 3.8) is 0 Å². The van der Waals surface area contributed by atoms with Crippen molar-refractivity contribution in [2.24, 2.45) is 0 Å². The predicted octanol–water partition coefficient (Wildman–Crippen LogP) is 3.86. The first kappa shape index (κ1) is 13.2. The van der Waals surface area contributed by atoms with Crippen LogP contribution < -0.4 is 10.9 Å². The number of hydrogen-bond acceptors (Lipinski definition) is 4. The van der Waals surface area contributed by atoms with Gasteiger partial charge in [-0.15, -0.1) is 0 Å². The van der Waals surface area contributed by atoms with Crippen LogP contribution in [-0.2, 0) is 0 Å². The number of phenolic OH excluding ortho intramolecular Hbond substituents is 1. The van der Waals surface area contributed by atoms with E-state index in [4.69, 9.17) is 4.42 Å². The lowest BCUT2D eigenvalue weighted by Crippen LogP contribution is -1.99. The van der Waals surface area contributed by atoms with Gasteiger partial charge in [0.15, 0.2) is 11.3 Å². The van der Waals surface area contributed by atoms with Crippen molar-refractivity contribution in [1.82, 2.24) is 0 Å². The van der Waals surface area contributed by atoms with Crippen LogP contribution in [0.5, 0.6) is 5.75 Å². The van der Waals surface area contributed by atoms with Gasteiger partial charge in [-0.2, -0.15) is 0 Å². The summed E-state index contributed by atoms with van der Waals surface area (Å²) in [6.07, 6.45) is 0. The van der Waals surface area contributed by atoms with Crippen molar-refractivity contribution in [1.29, 1.82) is 0 Å². The molecule has 3 rings (SSSR count). The molecule has 0 saturated carbocycles. The van der Waals surface area contributed by atoms with Crippen LogP contribution in [0.3, 0.4) is 0 Å². The third kappa shape index (κ3) is 2.48. The Balaban J connectivity index is 2.12. The van der Waals surface area contributed by atoms with Crippen LogP contribution in [-0.4, -0.2) is 5.11 Å². The Labute approximate surface area is 121 Å². The first-order valence-corrected chi connectivity index (χ1v) is 6.65. The maximum Gasteiger partial charge on any atom is 0.336 e. The summed E-state index contributed by atoms with van der Waals surface area (Å²) in [6.45, 7) is 3.81. The largest absolute Gasteiger partial charge is 0.503 e. The molecule has 0 aliphatic rings. The number of hydrogen-bond donors (Lipinski definition) is 2. The summed E-state index contributed by atoms with van der Waals surface area (Å²) in [5.41, 5.74) is 2.99. The van der Waals surface area contributed by atoms with E-state index in [1.807, 2.05) is 44.2 Å². The van der Waals surface area contributed by atoms with Crippen LogP contribution in [0.4, 0.5) is 11.4 Å². The monoisotopic (exact) mass is 281 g/mol. The normalized spacial score (nSPS) is 10.8. The van der Waals surface area contributed by atoms with Crippen LogP contribution in [0, 0.1) is 13.8 Å². The van der Waals surface area contributed by atoms with E-state index in [-0.39, 0.29) is 11.3 Å². The Hall–Kier alpha value is -2.75. The van der Waals surface area contributed by atoms with Gasteiger partial charge in [-0.25, -0.2) is 4.79 Å². The number of aromatic hydroxyl groups is 1. The van der Waals surface area contributed by atoms with Crippen molar-refractivity contribution in [3.05, 3.63) is 64.0 Å². The van der Waals surface area contributed by atoms with Gasteiger partial charge in [0.2, 0.25) is 0 Å². The van der Waals surface area contributed by atoms with E-state index in [0.717, 1.165) is 22.2 Å². The molecule has 0 aliphatic carbocycles. The highest BCUT2D eigenvalue weighted by Gasteiger charge is 2.11. The van der Waals surface area contributed by atoms with Crippen molar-refractivity contribution >= 4 is 22.3 Å². The van der Waals surface area contributed by atoms with E-state index in [1.165, 1.54) is 6.07 Å². The molecule has 3 aromatic rings. The van der Waals surface area contributed by atoms with E-state index in [2.05, 4.69) is 5.32 Å². The fourth-order valence-corrected chi connectivity index (χ4v) is 2.35. The van der Waals surface area contributed by atoms with Crippen LogP contribution in [0.15, 0.2) is 51.7 Å². The third-order valence-corrected chi connectivity index (χ3v) is 3.39. The summed E-state index contributed by atoms with van der Waals surface area (Å²) in [6, 6.07) is 12.8. The zero-order valence-corrected chi connectivity index (χ0v) is 11.8. The lowest BCUT2D eigenvalue weighted by molar-refractivity contribution is 0.459. The Morgan fingerprint density at radius 3 is 2.67 bits per heavy atom. The second-order valence-electron chi connectivity index (χ2n) is 5.08. The van der Waals surface area contributed by atoms with E-state index >= 15 is 0 Å². The molecule has 21 heavy (non-hydrogen) atoms. The molecular weight excluding hydrogens is 266 g/mol. The summed E-state index contributed by atoms with van der Waals surface area (Å²) in [5.74, 6) is -0.0604. The van der Waals surface area contributed by atoms with Crippen LogP contribution in [0.1, 0.15) is 11.1 Å². The van der Waals surface area contributed by atoms with Gasteiger partial charge in [-0.05, 0) is 49.2 Å². The number of rotatable bonds is 2. The molecule has 0 radical (unpaired) electrons. The van der Waals surface area contributed by atoms with Gasteiger partial charge in [-0.3, -0.25) is 0 Å². The molecule has 2 N–H and O–H groups in total. The van der Waals surface area contributed by atoms with Gasteiger partial charge >= 0.3 is 5.63 Å². The van der Waals surface area contributed by atoms with Gasteiger partial charge < -0.3 is 14.8 Å². The molecule has 0 bridgehead atoms. The minimum absolute atomic E-state index is 0.0604. The van der Waals surface area contributed by atoms with Crippen molar-refractivity contribution in [2.75, 3.05) is 5.32 Å². The van der Waals surface area contributed by atoms with Gasteiger partial charge in [-0.1, -0.05) is 12.1 Å². The fraction of sp³-hybridized carbons (Fsp3) is 0.118. The zero-order chi connectivity index (χ0) is 15.0. The highest BCUT2D eigenvalue weighted by molar-refractivity contribution is 5.91. The van der Waals surface area contributed by atoms with Gasteiger partial charge in [0.1, 0.15) is 0 Å². The standard InChI is InChI=1S/C17H15NO3/c1-10-4-3-5-12(8-10)18-14-7-6-13-11(2)9-15(19)21-17(13)16(14)20/h3-9,18,20H,1-2H3. The smallest absolute Gasteiger partial charge is 0.336 e. The number of anilines is 2. The Morgan fingerprint density at radius 2 is 1.90 bits per heavy atom. The predicted molar refractivity (Wildman–Crippen MR) is 83.3 cm³/mol. The summed E-state index contributed by atoms with van der Waals surface area (Å²) in [4.78, 5) is 11.5. The lowest BCUT2D eigenvalue weighted by atomic mass is 10.1. The van der Waals surface area contributed by atoms with Crippen molar-refractivity contribution in [3.8, 4) is 5.75 Å². The van der Waals surface area contributed by atoms with E-state index < -0.39 is 5.63 Å². The Kier molecular flexibility index (Phi) is 3.14. The molecule has 0 fully saturated rings. The summed E-state index contributed by atoms with van der Waals surface area (Å²) in [7, 11) is 0. The quantitative estimate of drug-likeness (QED) is 0.553. The molecule has 4 heteroatoms. The number of nitrogens with one attached hydrogen (secondary N) is 1. The summed E-state index contributed by atoms with van der Waals surface area (Å²) in [5, 5.41) is 14.2. The highest BCUT2D eigenvalue weighted by Crippen LogP contribution is 2.34.